The third-order valence-corrected chi connectivity index (χ3v) is 5.36. The zero-order chi connectivity index (χ0) is 19.3. The van der Waals surface area contributed by atoms with Crippen LogP contribution in [0.2, 0.25) is 0 Å². The minimum atomic E-state index is -0.312. The molecule has 1 aliphatic carbocycles. The molecule has 6 nitrogen and oxygen atoms in total. The van der Waals surface area contributed by atoms with Crippen molar-refractivity contribution >= 4 is 11.7 Å². The second-order valence-electron chi connectivity index (χ2n) is 8.22. The van der Waals surface area contributed by atoms with Gasteiger partial charge < -0.3 is 5.32 Å². The van der Waals surface area contributed by atoms with E-state index in [0.29, 0.717) is 18.2 Å². The number of benzene rings is 1. The van der Waals surface area contributed by atoms with Crippen molar-refractivity contribution in [3.8, 4) is 11.4 Å². The molecular weight excluding hydrogens is 350 g/mol. The van der Waals surface area contributed by atoms with E-state index in [-0.39, 0.29) is 17.2 Å². The summed E-state index contributed by atoms with van der Waals surface area (Å²) in [7, 11) is 0. The highest BCUT2D eigenvalue weighted by Crippen LogP contribution is 2.45. The number of carbonyl (C=O) groups is 1. The molecule has 0 unspecified atom stereocenters. The Morgan fingerprint density at radius 1 is 1.11 bits per heavy atom. The van der Waals surface area contributed by atoms with Gasteiger partial charge in [-0.3, -0.25) is 9.78 Å². The van der Waals surface area contributed by atoms with Crippen molar-refractivity contribution in [2.75, 3.05) is 5.32 Å². The number of anilines is 1. The molecule has 0 radical (unpaired) electrons. The number of allylic oxidation sites excluding steroid dienone is 2. The van der Waals surface area contributed by atoms with Gasteiger partial charge in [0.25, 0.3) is 0 Å². The Bertz CT molecular complexity index is 1080. The highest BCUT2D eigenvalue weighted by molar-refractivity contribution is 6.00. The Hall–Kier alpha value is -3.28. The van der Waals surface area contributed by atoms with Gasteiger partial charge in [0, 0.05) is 35.6 Å². The Kier molecular flexibility index (Phi) is 3.69. The van der Waals surface area contributed by atoms with Crippen LogP contribution >= 0.6 is 0 Å². The quantitative estimate of drug-likeness (QED) is 0.737. The minimum Gasteiger partial charge on any atom is -0.328 e. The number of hydrogen-bond acceptors (Lipinski definition) is 5. The molecule has 1 aliphatic heterocycles. The number of carbonyl (C=O) groups excluding carboxylic acids is 1. The van der Waals surface area contributed by atoms with E-state index in [4.69, 9.17) is 10.1 Å². The predicted octanol–water partition coefficient (Wildman–Crippen LogP) is 4.00. The summed E-state index contributed by atoms with van der Waals surface area (Å²) < 4.78 is 1.83. The topological polar surface area (TPSA) is 72.7 Å². The van der Waals surface area contributed by atoms with Crippen molar-refractivity contribution in [3.05, 3.63) is 71.7 Å². The van der Waals surface area contributed by atoms with Crippen LogP contribution < -0.4 is 5.32 Å². The molecular formula is C22H21N5O. The van der Waals surface area contributed by atoms with E-state index in [0.717, 1.165) is 28.8 Å². The first-order valence-corrected chi connectivity index (χ1v) is 9.47. The Morgan fingerprint density at radius 3 is 2.68 bits per heavy atom. The van der Waals surface area contributed by atoms with E-state index in [1.807, 2.05) is 47.1 Å². The molecule has 0 saturated heterocycles. The standard InChI is InChI=1S/C22H21N5O/c1-22(2)11-16-18(17(28)12-22)19(15-9-6-10-23-13-15)27-21(24-16)25-20(26-27)14-7-4-3-5-8-14/h3-10,13,19H,11-12H2,1-2H3,(H,24,25,26)/t19-/m0/s1. The van der Waals surface area contributed by atoms with Crippen LogP contribution in [0.4, 0.5) is 5.95 Å². The minimum absolute atomic E-state index is 0.0765. The molecule has 3 heterocycles. The van der Waals surface area contributed by atoms with E-state index >= 15 is 0 Å². The van der Waals surface area contributed by atoms with Gasteiger partial charge in [-0.05, 0) is 23.5 Å². The number of rotatable bonds is 2. The fourth-order valence-corrected chi connectivity index (χ4v) is 4.16. The first kappa shape index (κ1) is 16.9. The van der Waals surface area contributed by atoms with Gasteiger partial charge in [-0.2, -0.15) is 4.98 Å². The van der Waals surface area contributed by atoms with E-state index in [2.05, 4.69) is 24.1 Å². The average Bonchev–Trinajstić information content (AvgIpc) is 3.10. The van der Waals surface area contributed by atoms with Crippen LogP contribution in [0.25, 0.3) is 11.4 Å². The maximum atomic E-state index is 13.1. The first-order valence-electron chi connectivity index (χ1n) is 9.47. The largest absolute Gasteiger partial charge is 0.328 e. The number of fused-ring (bicyclic) bond motifs is 1. The highest BCUT2D eigenvalue weighted by Gasteiger charge is 2.41. The van der Waals surface area contributed by atoms with Crippen LogP contribution in [0.15, 0.2) is 66.1 Å². The molecule has 1 N–H and O–H groups in total. The van der Waals surface area contributed by atoms with Crippen molar-refractivity contribution in [2.24, 2.45) is 5.41 Å². The third-order valence-electron chi connectivity index (χ3n) is 5.36. The second kappa shape index (κ2) is 6.12. The fourth-order valence-electron chi connectivity index (χ4n) is 4.16. The van der Waals surface area contributed by atoms with Crippen LogP contribution in [0.1, 0.15) is 38.3 Å². The number of nitrogens with zero attached hydrogens (tertiary/aromatic N) is 4. The zero-order valence-corrected chi connectivity index (χ0v) is 15.9. The predicted molar refractivity (Wildman–Crippen MR) is 107 cm³/mol. The lowest BCUT2D eigenvalue weighted by Crippen LogP contribution is -2.36. The van der Waals surface area contributed by atoms with Crippen LogP contribution in [-0.4, -0.2) is 25.5 Å². The van der Waals surface area contributed by atoms with Gasteiger partial charge in [0.05, 0.1) is 0 Å². The molecule has 5 rings (SSSR count). The van der Waals surface area contributed by atoms with E-state index in [9.17, 15) is 4.79 Å². The number of aromatic nitrogens is 4. The smallest absolute Gasteiger partial charge is 0.226 e. The summed E-state index contributed by atoms with van der Waals surface area (Å²) in [6.45, 7) is 4.26. The molecule has 140 valence electrons. The highest BCUT2D eigenvalue weighted by atomic mass is 16.1. The second-order valence-corrected chi connectivity index (χ2v) is 8.22. The summed E-state index contributed by atoms with van der Waals surface area (Å²) in [4.78, 5) is 22.1. The van der Waals surface area contributed by atoms with E-state index < -0.39 is 0 Å². The Balaban J connectivity index is 1.69. The fraction of sp³-hybridized carbons (Fsp3) is 0.273. The summed E-state index contributed by atoms with van der Waals surface area (Å²) in [6.07, 6.45) is 4.88. The summed E-state index contributed by atoms with van der Waals surface area (Å²) in [5, 5.41) is 8.17. The lowest BCUT2D eigenvalue weighted by molar-refractivity contribution is -0.118. The maximum Gasteiger partial charge on any atom is 0.226 e. The van der Waals surface area contributed by atoms with Gasteiger partial charge in [-0.1, -0.05) is 50.2 Å². The van der Waals surface area contributed by atoms with Crippen LogP contribution in [0.3, 0.4) is 0 Å². The zero-order valence-electron chi connectivity index (χ0n) is 15.9. The first-order chi connectivity index (χ1) is 13.5. The van der Waals surface area contributed by atoms with E-state index in [1.165, 1.54) is 0 Å². The number of Topliss-reactive ketones (excluding diaryl/α,β-unsaturated/α-hetero) is 1. The summed E-state index contributed by atoms with van der Waals surface area (Å²) in [5.41, 5.74) is 3.54. The molecule has 3 aromatic rings. The van der Waals surface area contributed by atoms with Crippen LogP contribution in [-0.2, 0) is 4.79 Å². The van der Waals surface area contributed by atoms with E-state index in [1.54, 1.807) is 12.4 Å². The number of pyridine rings is 1. The van der Waals surface area contributed by atoms with Crippen molar-refractivity contribution in [1.29, 1.82) is 0 Å². The SMILES string of the molecule is CC1(C)CC(=O)C2=C(C1)Nc1nc(-c3ccccc3)nn1[C@H]2c1cccnc1. The van der Waals surface area contributed by atoms with Gasteiger partial charge in [-0.25, -0.2) is 4.68 Å². The molecule has 0 spiro atoms. The third kappa shape index (κ3) is 2.72. The molecule has 2 aliphatic rings. The van der Waals surface area contributed by atoms with Gasteiger partial charge >= 0.3 is 0 Å². The molecule has 0 amide bonds. The van der Waals surface area contributed by atoms with Gasteiger partial charge in [0.15, 0.2) is 11.6 Å². The number of nitrogens with one attached hydrogen (secondary N) is 1. The monoisotopic (exact) mass is 371 g/mol. The van der Waals surface area contributed by atoms with Crippen molar-refractivity contribution in [2.45, 2.75) is 32.7 Å². The molecule has 1 aromatic carbocycles. The molecule has 0 bridgehead atoms. The van der Waals surface area contributed by atoms with Crippen LogP contribution in [0.5, 0.6) is 0 Å². The molecule has 6 heteroatoms. The van der Waals surface area contributed by atoms with Crippen LogP contribution in [0, 0.1) is 5.41 Å². The molecule has 2 aromatic heterocycles. The van der Waals surface area contributed by atoms with Gasteiger partial charge in [0.1, 0.15) is 6.04 Å². The van der Waals surface area contributed by atoms with Gasteiger partial charge in [-0.15, -0.1) is 5.10 Å². The summed E-state index contributed by atoms with van der Waals surface area (Å²) in [6, 6.07) is 13.5. The van der Waals surface area contributed by atoms with Crippen molar-refractivity contribution in [1.82, 2.24) is 19.7 Å². The summed E-state index contributed by atoms with van der Waals surface area (Å²) >= 11 is 0. The number of hydrogen-bond donors (Lipinski definition) is 1. The molecule has 1 atom stereocenters. The average molecular weight is 371 g/mol. The Morgan fingerprint density at radius 2 is 1.93 bits per heavy atom. The maximum absolute atomic E-state index is 13.1. The molecule has 0 fully saturated rings. The van der Waals surface area contributed by atoms with Gasteiger partial charge in [0.2, 0.25) is 5.95 Å². The molecule has 0 saturated carbocycles. The lowest BCUT2D eigenvalue weighted by atomic mass is 9.73. The number of ketones is 1. The Labute approximate surface area is 163 Å². The normalized spacial score (nSPS) is 20.4. The molecule has 28 heavy (non-hydrogen) atoms. The van der Waals surface area contributed by atoms with Crippen molar-refractivity contribution in [3.63, 3.8) is 0 Å². The summed E-state index contributed by atoms with van der Waals surface area (Å²) in [5.74, 6) is 1.47. The lowest BCUT2D eigenvalue weighted by Gasteiger charge is -2.38. The van der Waals surface area contributed by atoms with Crippen molar-refractivity contribution < 1.29 is 4.79 Å².